The van der Waals surface area contributed by atoms with Crippen molar-refractivity contribution in [3.05, 3.63) is 30.1 Å². The highest BCUT2D eigenvalue weighted by Gasteiger charge is 2.43. The number of piperidine rings is 1. The molecule has 2 aliphatic rings. The number of rotatable bonds is 8. The predicted octanol–water partition coefficient (Wildman–Crippen LogP) is 3.91. The van der Waals surface area contributed by atoms with Crippen LogP contribution in [0.25, 0.3) is 0 Å². The molecular weight excluding hydrogens is 312 g/mol. The Balaban J connectivity index is 1.77. The fraction of sp³-hybridized carbons (Fsp3) is 0.762. The van der Waals surface area contributed by atoms with Crippen molar-refractivity contribution >= 4 is 0 Å². The third-order valence-corrected chi connectivity index (χ3v) is 6.35. The Morgan fingerprint density at radius 2 is 2.00 bits per heavy atom. The SMILES string of the molecule is CCC(OCC(OC)(c1cccnc1)C1CCCC1)C1CCNCC1. The van der Waals surface area contributed by atoms with E-state index in [4.69, 9.17) is 9.47 Å². The Labute approximate surface area is 152 Å². The number of nitrogens with one attached hydrogen (secondary N) is 1. The van der Waals surface area contributed by atoms with Crippen molar-refractivity contribution in [1.29, 1.82) is 0 Å². The molecule has 1 aliphatic heterocycles. The summed E-state index contributed by atoms with van der Waals surface area (Å²) in [6.07, 6.45) is 12.7. The van der Waals surface area contributed by atoms with E-state index in [1.54, 1.807) is 0 Å². The van der Waals surface area contributed by atoms with Crippen LogP contribution in [-0.4, -0.2) is 37.9 Å². The van der Waals surface area contributed by atoms with E-state index < -0.39 is 0 Å². The highest BCUT2D eigenvalue weighted by molar-refractivity contribution is 5.21. The first-order chi connectivity index (χ1) is 12.3. The molecule has 0 aromatic carbocycles. The predicted molar refractivity (Wildman–Crippen MR) is 101 cm³/mol. The van der Waals surface area contributed by atoms with E-state index in [0.717, 1.165) is 19.5 Å². The normalized spacial score (nSPS) is 23.4. The van der Waals surface area contributed by atoms with E-state index in [-0.39, 0.29) is 5.60 Å². The first-order valence-electron chi connectivity index (χ1n) is 10.1. The molecule has 1 aromatic heterocycles. The third kappa shape index (κ3) is 4.24. The number of nitrogens with zero attached hydrogens (tertiary/aromatic N) is 1. The number of aromatic nitrogens is 1. The van der Waals surface area contributed by atoms with Gasteiger partial charge in [0.05, 0.1) is 12.7 Å². The van der Waals surface area contributed by atoms with Crippen LogP contribution in [-0.2, 0) is 15.1 Å². The molecule has 4 heteroatoms. The van der Waals surface area contributed by atoms with Gasteiger partial charge >= 0.3 is 0 Å². The van der Waals surface area contributed by atoms with Crippen molar-refractivity contribution in [2.24, 2.45) is 11.8 Å². The zero-order chi connectivity index (χ0) is 17.5. The standard InChI is InChI=1S/C21H34N2O2/c1-3-20(17-10-13-22-14-11-17)25-16-21(24-2,18-7-4-5-8-18)19-9-6-12-23-15-19/h6,9,12,15,17-18,20,22H,3-5,7-8,10-11,13-14,16H2,1-2H3. The van der Waals surface area contributed by atoms with Gasteiger partial charge in [-0.25, -0.2) is 0 Å². The molecule has 1 N–H and O–H groups in total. The Bertz CT molecular complexity index is 498. The molecule has 4 nitrogen and oxygen atoms in total. The maximum absolute atomic E-state index is 6.57. The maximum atomic E-state index is 6.57. The van der Waals surface area contributed by atoms with Crippen LogP contribution in [0.3, 0.4) is 0 Å². The minimum atomic E-state index is -0.356. The zero-order valence-corrected chi connectivity index (χ0v) is 15.9. The molecule has 0 radical (unpaired) electrons. The molecule has 3 rings (SSSR count). The van der Waals surface area contributed by atoms with Crippen molar-refractivity contribution in [3.63, 3.8) is 0 Å². The molecular formula is C21H34N2O2. The van der Waals surface area contributed by atoms with Crippen molar-refractivity contribution in [2.75, 3.05) is 26.8 Å². The van der Waals surface area contributed by atoms with Crippen LogP contribution in [0.5, 0.6) is 0 Å². The second-order valence-corrected chi connectivity index (χ2v) is 7.66. The number of pyridine rings is 1. The number of ether oxygens (including phenoxy) is 2. The quantitative estimate of drug-likeness (QED) is 0.775. The highest BCUT2D eigenvalue weighted by Crippen LogP contribution is 2.43. The van der Waals surface area contributed by atoms with Gasteiger partial charge in [0.2, 0.25) is 0 Å². The third-order valence-electron chi connectivity index (χ3n) is 6.35. The van der Waals surface area contributed by atoms with Crippen LogP contribution in [0.1, 0.15) is 57.4 Å². The van der Waals surface area contributed by atoms with Gasteiger partial charge in [-0.3, -0.25) is 4.98 Å². The van der Waals surface area contributed by atoms with Gasteiger partial charge in [0, 0.05) is 25.1 Å². The largest absolute Gasteiger partial charge is 0.375 e. The summed E-state index contributed by atoms with van der Waals surface area (Å²) in [6, 6.07) is 4.17. The molecule has 0 spiro atoms. The summed E-state index contributed by atoms with van der Waals surface area (Å²) in [4.78, 5) is 4.36. The van der Waals surface area contributed by atoms with Crippen LogP contribution < -0.4 is 5.32 Å². The summed E-state index contributed by atoms with van der Waals surface area (Å²) < 4.78 is 12.8. The van der Waals surface area contributed by atoms with E-state index in [2.05, 4.69) is 23.3 Å². The summed E-state index contributed by atoms with van der Waals surface area (Å²) in [5.41, 5.74) is 0.815. The van der Waals surface area contributed by atoms with E-state index in [0.29, 0.717) is 24.5 Å². The summed E-state index contributed by atoms with van der Waals surface area (Å²) in [6.45, 7) is 5.12. The first-order valence-corrected chi connectivity index (χ1v) is 10.1. The molecule has 2 unspecified atom stereocenters. The molecule has 1 saturated carbocycles. The number of hydrogen-bond acceptors (Lipinski definition) is 4. The minimum Gasteiger partial charge on any atom is -0.375 e. The van der Waals surface area contributed by atoms with E-state index in [1.165, 1.54) is 44.1 Å². The lowest BCUT2D eigenvalue weighted by Crippen LogP contribution is -2.44. The Kier molecular flexibility index (Phi) is 6.85. The van der Waals surface area contributed by atoms with Gasteiger partial charge in [-0.1, -0.05) is 25.8 Å². The van der Waals surface area contributed by atoms with Crippen molar-refractivity contribution in [1.82, 2.24) is 10.3 Å². The van der Waals surface area contributed by atoms with E-state index >= 15 is 0 Å². The molecule has 0 amide bonds. The van der Waals surface area contributed by atoms with E-state index in [9.17, 15) is 0 Å². The summed E-state index contributed by atoms with van der Waals surface area (Å²) >= 11 is 0. The molecule has 2 heterocycles. The Hall–Kier alpha value is -0.970. The fourth-order valence-corrected chi connectivity index (χ4v) is 4.82. The minimum absolute atomic E-state index is 0.328. The number of hydrogen-bond donors (Lipinski definition) is 1. The van der Waals surface area contributed by atoms with Gasteiger partial charge in [0.25, 0.3) is 0 Å². The Morgan fingerprint density at radius 1 is 1.24 bits per heavy atom. The lowest BCUT2D eigenvalue weighted by molar-refractivity contribution is -0.142. The van der Waals surface area contributed by atoms with Gasteiger partial charge in [-0.15, -0.1) is 0 Å². The first kappa shape index (κ1) is 18.8. The van der Waals surface area contributed by atoms with Crippen LogP contribution in [0.15, 0.2) is 24.5 Å². The van der Waals surface area contributed by atoms with Crippen molar-refractivity contribution in [2.45, 2.75) is 63.6 Å². The topological polar surface area (TPSA) is 43.4 Å². The van der Waals surface area contributed by atoms with Crippen LogP contribution in [0.4, 0.5) is 0 Å². The molecule has 1 aromatic rings. The van der Waals surface area contributed by atoms with Gasteiger partial charge < -0.3 is 14.8 Å². The van der Waals surface area contributed by atoms with E-state index in [1.807, 2.05) is 25.6 Å². The molecule has 2 atom stereocenters. The average Bonchev–Trinajstić information content (AvgIpc) is 3.22. The second-order valence-electron chi connectivity index (χ2n) is 7.66. The van der Waals surface area contributed by atoms with Crippen LogP contribution >= 0.6 is 0 Å². The van der Waals surface area contributed by atoms with Crippen LogP contribution in [0, 0.1) is 11.8 Å². The summed E-state index contributed by atoms with van der Waals surface area (Å²) in [7, 11) is 1.85. The highest BCUT2D eigenvalue weighted by atomic mass is 16.5. The zero-order valence-electron chi connectivity index (χ0n) is 15.9. The molecule has 25 heavy (non-hydrogen) atoms. The average molecular weight is 347 g/mol. The van der Waals surface area contributed by atoms with Crippen LogP contribution in [0.2, 0.25) is 0 Å². The Morgan fingerprint density at radius 3 is 2.60 bits per heavy atom. The smallest absolute Gasteiger partial charge is 0.120 e. The lowest BCUT2D eigenvalue weighted by Gasteiger charge is -2.40. The molecule has 140 valence electrons. The van der Waals surface area contributed by atoms with Gasteiger partial charge in [-0.2, -0.15) is 0 Å². The summed E-state index contributed by atoms with van der Waals surface area (Å²) in [5.74, 6) is 1.19. The molecule has 1 aliphatic carbocycles. The summed E-state index contributed by atoms with van der Waals surface area (Å²) in [5, 5.41) is 3.46. The van der Waals surface area contributed by atoms with Crippen molar-refractivity contribution < 1.29 is 9.47 Å². The second kappa shape index (κ2) is 9.11. The molecule has 0 bridgehead atoms. The fourth-order valence-electron chi connectivity index (χ4n) is 4.82. The van der Waals surface area contributed by atoms with Gasteiger partial charge in [0.15, 0.2) is 0 Å². The molecule has 1 saturated heterocycles. The lowest BCUT2D eigenvalue weighted by atomic mass is 9.81. The molecule has 2 fully saturated rings. The monoisotopic (exact) mass is 346 g/mol. The van der Waals surface area contributed by atoms with Gasteiger partial charge in [0.1, 0.15) is 5.60 Å². The maximum Gasteiger partial charge on any atom is 0.120 e. The van der Waals surface area contributed by atoms with Gasteiger partial charge in [-0.05, 0) is 63.1 Å². The van der Waals surface area contributed by atoms with Crippen molar-refractivity contribution in [3.8, 4) is 0 Å². The number of methoxy groups -OCH3 is 1.